The number of halogens is 2. The molecule has 4 heteroatoms. The number of nitrogens with one attached hydrogen (secondary N) is 1. The van der Waals surface area contributed by atoms with Gasteiger partial charge in [-0.05, 0) is 65.3 Å². The second-order valence-corrected chi connectivity index (χ2v) is 5.25. The third-order valence-corrected chi connectivity index (χ3v) is 3.68. The molecule has 0 bridgehead atoms. The van der Waals surface area contributed by atoms with Gasteiger partial charge in [-0.2, -0.15) is 0 Å². The second-order valence-electron chi connectivity index (χ2n) is 4.40. The molecule has 0 saturated heterocycles. The van der Waals surface area contributed by atoms with Gasteiger partial charge in [-0.25, -0.2) is 4.39 Å². The Labute approximate surface area is 127 Å². The normalized spacial score (nSPS) is 12.2. The molecule has 2 nitrogen and oxygen atoms in total. The van der Waals surface area contributed by atoms with Gasteiger partial charge in [0.25, 0.3) is 0 Å². The zero-order valence-electron chi connectivity index (χ0n) is 11.5. The first-order chi connectivity index (χ1) is 9.65. The minimum absolute atomic E-state index is 0.0577. The van der Waals surface area contributed by atoms with Crippen LogP contribution in [0, 0.1) is 5.82 Å². The smallest absolute Gasteiger partial charge is 0.133 e. The summed E-state index contributed by atoms with van der Waals surface area (Å²) in [6.07, 6.45) is 0. The van der Waals surface area contributed by atoms with E-state index in [0.717, 1.165) is 21.3 Å². The van der Waals surface area contributed by atoms with Crippen LogP contribution >= 0.6 is 15.9 Å². The molecule has 20 heavy (non-hydrogen) atoms. The summed E-state index contributed by atoms with van der Waals surface area (Å²) in [4.78, 5) is 0. The van der Waals surface area contributed by atoms with E-state index in [1.807, 2.05) is 38.2 Å². The molecule has 0 heterocycles. The van der Waals surface area contributed by atoms with E-state index in [4.69, 9.17) is 4.74 Å². The zero-order valence-corrected chi connectivity index (χ0v) is 13.1. The highest BCUT2D eigenvalue weighted by Gasteiger charge is 2.14. The van der Waals surface area contributed by atoms with Gasteiger partial charge in [0.15, 0.2) is 0 Å². The first-order valence-electron chi connectivity index (χ1n) is 6.50. The molecule has 0 aliphatic carbocycles. The Morgan fingerprint density at radius 1 is 1.20 bits per heavy atom. The van der Waals surface area contributed by atoms with Gasteiger partial charge in [-0.3, -0.25) is 0 Å². The van der Waals surface area contributed by atoms with Gasteiger partial charge in [0, 0.05) is 0 Å². The average molecular weight is 338 g/mol. The molecule has 0 amide bonds. The van der Waals surface area contributed by atoms with Crippen molar-refractivity contribution in [3.05, 3.63) is 63.9 Å². The molecule has 1 atom stereocenters. The Kier molecular flexibility index (Phi) is 5.15. The van der Waals surface area contributed by atoms with E-state index < -0.39 is 0 Å². The average Bonchev–Trinajstić information content (AvgIpc) is 2.43. The predicted molar refractivity (Wildman–Crippen MR) is 82.6 cm³/mol. The van der Waals surface area contributed by atoms with Crippen LogP contribution in [0.1, 0.15) is 24.1 Å². The largest absolute Gasteiger partial charge is 0.493 e. The lowest BCUT2D eigenvalue weighted by Gasteiger charge is -2.18. The summed E-state index contributed by atoms with van der Waals surface area (Å²) in [6.45, 7) is 2.57. The third kappa shape index (κ3) is 3.38. The predicted octanol–water partition coefficient (Wildman–Crippen LogP) is 4.30. The van der Waals surface area contributed by atoms with Gasteiger partial charge in [0.05, 0.1) is 17.1 Å². The van der Waals surface area contributed by atoms with E-state index in [0.29, 0.717) is 6.61 Å². The fraction of sp³-hybridized carbons (Fsp3) is 0.250. The maximum Gasteiger partial charge on any atom is 0.133 e. The van der Waals surface area contributed by atoms with Crippen LogP contribution in [0.4, 0.5) is 4.39 Å². The van der Waals surface area contributed by atoms with E-state index >= 15 is 0 Å². The monoisotopic (exact) mass is 337 g/mol. The van der Waals surface area contributed by atoms with Crippen LogP contribution in [0.15, 0.2) is 46.9 Å². The van der Waals surface area contributed by atoms with Crippen molar-refractivity contribution in [2.24, 2.45) is 0 Å². The Bertz CT molecular complexity index is 588. The zero-order chi connectivity index (χ0) is 14.5. The quantitative estimate of drug-likeness (QED) is 0.878. The molecule has 0 aliphatic heterocycles. The van der Waals surface area contributed by atoms with E-state index in [1.54, 1.807) is 12.1 Å². The van der Waals surface area contributed by atoms with Crippen molar-refractivity contribution in [3.63, 3.8) is 0 Å². The summed E-state index contributed by atoms with van der Waals surface area (Å²) < 4.78 is 19.8. The molecule has 0 fully saturated rings. The highest BCUT2D eigenvalue weighted by molar-refractivity contribution is 9.10. The molecule has 2 rings (SSSR count). The minimum Gasteiger partial charge on any atom is -0.493 e. The van der Waals surface area contributed by atoms with E-state index in [1.165, 1.54) is 6.07 Å². The number of hydrogen-bond donors (Lipinski definition) is 1. The molecule has 0 saturated carbocycles. The molecule has 0 spiro atoms. The fourth-order valence-electron chi connectivity index (χ4n) is 2.18. The van der Waals surface area contributed by atoms with E-state index in [-0.39, 0.29) is 11.9 Å². The summed E-state index contributed by atoms with van der Waals surface area (Å²) in [5.41, 5.74) is 1.94. The lowest BCUT2D eigenvalue weighted by Crippen LogP contribution is -2.17. The van der Waals surface area contributed by atoms with Crippen molar-refractivity contribution in [3.8, 4) is 5.75 Å². The molecule has 1 unspecified atom stereocenters. The minimum atomic E-state index is -0.229. The molecular weight excluding hydrogens is 321 g/mol. The second kappa shape index (κ2) is 6.86. The molecular formula is C16H17BrFNO. The summed E-state index contributed by atoms with van der Waals surface area (Å²) in [5.74, 6) is 0.582. The van der Waals surface area contributed by atoms with Gasteiger partial charge in [0.1, 0.15) is 11.6 Å². The van der Waals surface area contributed by atoms with Gasteiger partial charge < -0.3 is 10.1 Å². The Morgan fingerprint density at radius 3 is 2.55 bits per heavy atom. The summed E-state index contributed by atoms with van der Waals surface area (Å²) in [7, 11) is 1.86. The molecule has 2 aromatic rings. The van der Waals surface area contributed by atoms with Crippen LogP contribution in [-0.4, -0.2) is 13.7 Å². The summed E-state index contributed by atoms with van der Waals surface area (Å²) in [6, 6.07) is 12.5. The van der Waals surface area contributed by atoms with Crippen LogP contribution in [0.3, 0.4) is 0 Å². The van der Waals surface area contributed by atoms with Crippen molar-refractivity contribution in [1.29, 1.82) is 0 Å². The first kappa shape index (κ1) is 15.0. The fourth-order valence-corrected chi connectivity index (χ4v) is 2.69. The van der Waals surface area contributed by atoms with Crippen LogP contribution in [-0.2, 0) is 0 Å². The SMILES string of the molecule is CCOc1ccc(C(NC)c2cccc(F)c2)cc1Br. The number of benzene rings is 2. The third-order valence-electron chi connectivity index (χ3n) is 3.06. The van der Waals surface area contributed by atoms with Crippen molar-refractivity contribution in [2.45, 2.75) is 13.0 Å². The van der Waals surface area contributed by atoms with E-state index in [2.05, 4.69) is 21.2 Å². The molecule has 0 aliphatic rings. The Hall–Kier alpha value is -1.39. The van der Waals surface area contributed by atoms with Gasteiger partial charge in [-0.1, -0.05) is 18.2 Å². The Balaban J connectivity index is 2.35. The molecule has 2 aromatic carbocycles. The summed E-state index contributed by atoms with van der Waals surface area (Å²) in [5, 5.41) is 3.21. The first-order valence-corrected chi connectivity index (χ1v) is 7.30. The molecule has 106 valence electrons. The molecule has 0 radical (unpaired) electrons. The summed E-state index contributed by atoms with van der Waals surface area (Å²) >= 11 is 3.51. The number of rotatable bonds is 5. The highest BCUT2D eigenvalue weighted by atomic mass is 79.9. The molecule has 1 N–H and O–H groups in total. The van der Waals surface area contributed by atoms with Gasteiger partial charge >= 0.3 is 0 Å². The lowest BCUT2D eigenvalue weighted by atomic mass is 9.99. The number of hydrogen-bond acceptors (Lipinski definition) is 2. The van der Waals surface area contributed by atoms with Crippen LogP contribution in [0.25, 0.3) is 0 Å². The van der Waals surface area contributed by atoms with Crippen molar-refractivity contribution in [1.82, 2.24) is 5.32 Å². The maximum atomic E-state index is 13.4. The number of ether oxygens (including phenoxy) is 1. The van der Waals surface area contributed by atoms with Gasteiger partial charge in [-0.15, -0.1) is 0 Å². The van der Waals surface area contributed by atoms with Crippen molar-refractivity contribution < 1.29 is 9.13 Å². The Morgan fingerprint density at radius 2 is 1.95 bits per heavy atom. The van der Waals surface area contributed by atoms with Crippen molar-refractivity contribution >= 4 is 15.9 Å². The standard InChI is InChI=1S/C16H17BrFNO/c1-3-20-15-8-7-12(10-14(15)17)16(19-2)11-5-4-6-13(18)9-11/h4-10,16,19H,3H2,1-2H3. The lowest BCUT2D eigenvalue weighted by molar-refractivity contribution is 0.338. The van der Waals surface area contributed by atoms with E-state index in [9.17, 15) is 4.39 Å². The maximum absolute atomic E-state index is 13.4. The topological polar surface area (TPSA) is 21.3 Å². The van der Waals surface area contributed by atoms with Crippen LogP contribution in [0.2, 0.25) is 0 Å². The van der Waals surface area contributed by atoms with Crippen LogP contribution in [0.5, 0.6) is 5.75 Å². The molecule has 0 aromatic heterocycles. The highest BCUT2D eigenvalue weighted by Crippen LogP contribution is 2.30. The van der Waals surface area contributed by atoms with Crippen molar-refractivity contribution in [2.75, 3.05) is 13.7 Å². The van der Waals surface area contributed by atoms with Crippen LogP contribution < -0.4 is 10.1 Å². The van der Waals surface area contributed by atoms with Gasteiger partial charge in [0.2, 0.25) is 0 Å².